The zero-order valence-corrected chi connectivity index (χ0v) is 19.1. The van der Waals surface area contributed by atoms with Gasteiger partial charge < -0.3 is 19.8 Å². The minimum Gasteiger partial charge on any atom is -0.395 e. The van der Waals surface area contributed by atoms with E-state index in [9.17, 15) is 19.5 Å². The number of fused-ring (bicyclic) bond motifs is 2. The van der Waals surface area contributed by atoms with Crippen LogP contribution in [0, 0.1) is 11.8 Å². The first kappa shape index (κ1) is 21.6. The second-order valence-electron chi connectivity index (χ2n) is 8.55. The molecule has 5 rings (SSSR count). The Morgan fingerprint density at radius 1 is 1.12 bits per heavy atom. The number of β-amino-alcohol motifs (C(OH)–C–C–N with tert-alkyl or cyclic N) is 1. The molecule has 2 fully saturated rings. The first-order valence-electron chi connectivity index (χ1n) is 10.6. The highest BCUT2D eigenvalue weighted by atomic mass is 35.5. The van der Waals surface area contributed by atoms with Gasteiger partial charge in [0.1, 0.15) is 6.04 Å². The summed E-state index contributed by atoms with van der Waals surface area (Å²) < 4.78 is -0.882. The van der Waals surface area contributed by atoms with Gasteiger partial charge in [0.15, 0.2) is 0 Å². The molecule has 4 aliphatic rings. The van der Waals surface area contributed by atoms with Crippen LogP contribution in [0.1, 0.15) is 0 Å². The summed E-state index contributed by atoms with van der Waals surface area (Å²) in [5.41, 5.74) is 0.577. The minimum absolute atomic E-state index is 0.0372. The molecule has 1 spiro atoms. The summed E-state index contributed by atoms with van der Waals surface area (Å²) in [5.74, 6) is -1.80. The van der Waals surface area contributed by atoms with Gasteiger partial charge in [0.2, 0.25) is 11.8 Å². The van der Waals surface area contributed by atoms with E-state index >= 15 is 0 Å². The Morgan fingerprint density at radius 2 is 1.91 bits per heavy atom. The van der Waals surface area contributed by atoms with Crippen molar-refractivity contribution in [1.82, 2.24) is 9.80 Å². The van der Waals surface area contributed by atoms with Gasteiger partial charge in [-0.15, -0.1) is 11.8 Å². The number of nitrogens with zero attached hydrogens (tertiary/aromatic N) is 3. The molecule has 0 aromatic heterocycles. The topological polar surface area (TPSA) is 81.2 Å². The molecular formula is C23H24ClN3O4S. The highest BCUT2D eigenvalue weighted by Gasteiger charge is 2.70. The van der Waals surface area contributed by atoms with Crippen LogP contribution in [0.2, 0.25) is 5.02 Å². The molecule has 3 amide bonds. The zero-order chi connectivity index (χ0) is 22.6. The lowest BCUT2D eigenvalue weighted by atomic mass is 9.78. The summed E-state index contributed by atoms with van der Waals surface area (Å²) in [6, 6.07) is 6.29. The van der Waals surface area contributed by atoms with Crippen LogP contribution in [0.25, 0.3) is 0 Å². The average molecular weight is 474 g/mol. The van der Waals surface area contributed by atoms with Gasteiger partial charge in [-0.2, -0.15) is 0 Å². The second-order valence-corrected chi connectivity index (χ2v) is 10.4. The van der Waals surface area contributed by atoms with Gasteiger partial charge in [-0.3, -0.25) is 14.4 Å². The predicted octanol–water partition coefficient (Wildman–Crippen LogP) is 1.56. The van der Waals surface area contributed by atoms with Gasteiger partial charge in [-0.1, -0.05) is 48.0 Å². The van der Waals surface area contributed by atoms with E-state index in [0.29, 0.717) is 23.8 Å². The number of para-hydroxylation sites is 1. The van der Waals surface area contributed by atoms with E-state index in [4.69, 9.17) is 11.6 Å². The SMILES string of the molecule is CN1CC=C[C@@H]2S[C@]34C=CCN(c5ccccc5Cl)C(=O)C3N(CCO)C(=O)[C@@H]4[C@@H]2C1=O. The molecule has 32 heavy (non-hydrogen) atoms. The third-order valence-corrected chi connectivity index (χ3v) is 8.91. The third-order valence-electron chi connectivity index (χ3n) is 6.84. The Morgan fingerprint density at radius 3 is 2.66 bits per heavy atom. The molecule has 4 heterocycles. The number of aliphatic hydroxyl groups is 1. The summed E-state index contributed by atoms with van der Waals surface area (Å²) in [4.78, 5) is 45.7. The van der Waals surface area contributed by atoms with Gasteiger partial charge in [-0.05, 0) is 12.1 Å². The lowest BCUT2D eigenvalue weighted by molar-refractivity contribution is -0.142. The molecule has 2 saturated heterocycles. The summed E-state index contributed by atoms with van der Waals surface area (Å²) >= 11 is 7.93. The molecule has 1 aromatic rings. The van der Waals surface area contributed by atoms with Crippen molar-refractivity contribution in [3.05, 3.63) is 53.6 Å². The van der Waals surface area contributed by atoms with E-state index in [1.54, 1.807) is 35.0 Å². The van der Waals surface area contributed by atoms with Gasteiger partial charge in [0, 0.05) is 31.9 Å². The molecule has 0 radical (unpaired) electrons. The molecule has 1 unspecified atom stereocenters. The van der Waals surface area contributed by atoms with E-state index < -0.39 is 22.6 Å². The van der Waals surface area contributed by atoms with Crippen LogP contribution >= 0.6 is 23.4 Å². The molecular weight excluding hydrogens is 450 g/mol. The molecule has 0 aliphatic carbocycles. The molecule has 168 valence electrons. The summed E-state index contributed by atoms with van der Waals surface area (Å²) in [5, 5.41) is 9.96. The smallest absolute Gasteiger partial charge is 0.251 e. The highest BCUT2D eigenvalue weighted by Crippen LogP contribution is 2.61. The lowest BCUT2D eigenvalue weighted by Gasteiger charge is -2.35. The van der Waals surface area contributed by atoms with Crippen LogP contribution < -0.4 is 4.90 Å². The van der Waals surface area contributed by atoms with Crippen LogP contribution in [-0.4, -0.2) is 82.0 Å². The maximum Gasteiger partial charge on any atom is 0.251 e. The fraction of sp³-hybridized carbons (Fsp3) is 0.435. The largest absolute Gasteiger partial charge is 0.395 e. The fourth-order valence-electron chi connectivity index (χ4n) is 5.50. The minimum atomic E-state index is -0.882. The van der Waals surface area contributed by atoms with Crippen molar-refractivity contribution in [3.8, 4) is 0 Å². The van der Waals surface area contributed by atoms with Crippen molar-refractivity contribution in [3.63, 3.8) is 0 Å². The van der Waals surface area contributed by atoms with Crippen molar-refractivity contribution in [2.24, 2.45) is 11.8 Å². The second kappa shape index (κ2) is 7.93. The number of likely N-dealkylation sites (N-methyl/N-ethyl adjacent to an activating group) is 1. The highest BCUT2D eigenvalue weighted by molar-refractivity contribution is 8.02. The molecule has 5 atom stereocenters. The van der Waals surface area contributed by atoms with Crippen molar-refractivity contribution in [2.75, 3.05) is 38.2 Å². The predicted molar refractivity (Wildman–Crippen MR) is 123 cm³/mol. The van der Waals surface area contributed by atoms with Crippen LogP contribution in [0.15, 0.2) is 48.6 Å². The Kier molecular flexibility index (Phi) is 5.34. The standard InChI is InChI=1S/C23H24ClN3O4S/c1-25-10-4-8-16-17(20(25)29)18-21(30)27(12-13-28)19-22(31)26(11-5-9-23(18,19)32-16)15-7-3-2-6-14(15)24/h2-9,16-19,28H,10-13H2,1H3/t16-,17+,18-,19?,23-/m0/s1. The molecule has 4 aliphatic heterocycles. The zero-order valence-electron chi connectivity index (χ0n) is 17.6. The van der Waals surface area contributed by atoms with E-state index in [0.717, 1.165) is 0 Å². The summed E-state index contributed by atoms with van der Waals surface area (Å²) in [7, 11) is 1.74. The monoisotopic (exact) mass is 473 g/mol. The molecule has 0 bridgehead atoms. The molecule has 0 saturated carbocycles. The lowest BCUT2D eigenvalue weighted by Crippen LogP contribution is -2.53. The Balaban J connectivity index is 1.64. The Bertz CT molecular complexity index is 1050. The Labute approximate surface area is 195 Å². The number of thioether (sulfide) groups is 1. The maximum absolute atomic E-state index is 14.0. The molecule has 1 N–H and O–H groups in total. The van der Waals surface area contributed by atoms with Gasteiger partial charge >= 0.3 is 0 Å². The maximum atomic E-state index is 14.0. The average Bonchev–Trinajstić information content (AvgIpc) is 3.09. The summed E-state index contributed by atoms with van der Waals surface area (Å²) in [6.07, 6.45) is 7.81. The molecule has 1 aromatic carbocycles. The number of likely N-dealkylation sites (tertiary alicyclic amines) is 1. The number of hydrogen-bond donors (Lipinski definition) is 1. The third kappa shape index (κ3) is 2.96. The fourth-order valence-corrected chi connectivity index (χ4v) is 7.74. The van der Waals surface area contributed by atoms with Gasteiger partial charge in [-0.25, -0.2) is 0 Å². The number of amides is 3. The van der Waals surface area contributed by atoms with Gasteiger partial charge in [0.05, 0.1) is 33.9 Å². The normalized spacial score (nSPS) is 33.8. The van der Waals surface area contributed by atoms with E-state index in [-0.39, 0.29) is 36.1 Å². The number of carbonyl (C=O) groups excluding carboxylic acids is 3. The number of halogens is 1. The van der Waals surface area contributed by atoms with Crippen molar-refractivity contribution in [1.29, 1.82) is 0 Å². The Hall–Kier alpha value is -2.29. The first-order chi connectivity index (χ1) is 15.4. The van der Waals surface area contributed by atoms with Crippen molar-refractivity contribution in [2.45, 2.75) is 16.0 Å². The van der Waals surface area contributed by atoms with Crippen LogP contribution in [-0.2, 0) is 14.4 Å². The number of hydrogen-bond acceptors (Lipinski definition) is 5. The number of benzene rings is 1. The van der Waals surface area contributed by atoms with E-state index in [2.05, 4.69) is 0 Å². The number of aliphatic hydroxyl groups excluding tert-OH is 1. The van der Waals surface area contributed by atoms with Crippen molar-refractivity contribution < 1.29 is 19.5 Å². The summed E-state index contributed by atoms with van der Waals surface area (Å²) in [6.45, 7) is 0.587. The van der Waals surface area contributed by atoms with Crippen LogP contribution in [0.5, 0.6) is 0 Å². The van der Waals surface area contributed by atoms with E-state index in [1.807, 2.05) is 30.4 Å². The van der Waals surface area contributed by atoms with E-state index in [1.165, 1.54) is 16.7 Å². The first-order valence-corrected chi connectivity index (χ1v) is 11.9. The number of rotatable bonds is 3. The van der Waals surface area contributed by atoms with Gasteiger partial charge in [0.25, 0.3) is 5.91 Å². The van der Waals surface area contributed by atoms with Crippen LogP contribution in [0.3, 0.4) is 0 Å². The number of carbonyl (C=O) groups is 3. The number of anilines is 1. The quantitative estimate of drug-likeness (QED) is 0.674. The van der Waals surface area contributed by atoms with Crippen molar-refractivity contribution >= 4 is 46.8 Å². The molecule has 9 heteroatoms. The molecule has 7 nitrogen and oxygen atoms in total. The van der Waals surface area contributed by atoms with Crippen LogP contribution in [0.4, 0.5) is 5.69 Å².